The molecule has 0 saturated heterocycles. The Labute approximate surface area is 146 Å². The monoisotopic (exact) mass is 340 g/mol. The van der Waals surface area contributed by atoms with Crippen LogP contribution in [0.4, 0.5) is 0 Å². The highest BCUT2D eigenvalue weighted by Crippen LogP contribution is 2.26. The molecule has 0 radical (unpaired) electrons. The predicted octanol–water partition coefficient (Wildman–Crippen LogP) is 2.96. The van der Waals surface area contributed by atoms with Crippen LogP contribution in [0.5, 0.6) is 17.2 Å². The Kier molecular flexibility index (Phi) is 6.59. The van der Waals surface area contributed by atoms with Crippen molar-refractivity contribution in [3.63, 3.8) is 0 Å². The van der Waals surface area contributed by atoms with Crippen molar-refractivity contribution in [1.29, 1.82) is 0 Å². The molecule has 0 atom stereocenters. The number of hydrogen-bond acceptors (Lipinski definition) is 5. The first-order valence-electron chi connectivity index (χ1n) is 7.73. The van der Waals surface area contributed by atoms with E-state index in [2.05, 4.69) is 10.5 Å². The van der Waals surface area contributed by atoms with Gasteiger partial charge in [-0.2, -0.15) is 5.10 Å². The minimum atomic E-state index is -0.351. The number of phenolic OH excluding ortho intramolecular Hbond substituents is 1. The minimum absolute atomic E-state index is 0.0606. The largest absolute Gasteiger partial charge is 0.504 e. The topological polar surface area (TPSA) is 80.2 Å². The zero-order valence-electron chi connectivity index (χ0n) is 14.1. The fourth-order valence-electron chi connectivity index (χ4n) is 1.98. The van der Waals surface area contributed by atoms with E-state index in [1.807, 2.05) is 31.2 Å². The average Bonchev–Trinajstić information content (AvgIpc) is 2.63. The molecular weight excluding hydrogens is 320 g/mol. The van der Waals surface area contributed by atoms with Crippen LogP contribution in [0.25, 0.3) is 6.08 Å². The molecule has 0 spiro atoms. The quantitative estimate of drug-likeness (QED) is 0.461. The summed E-state index contributed by atoms with van der Waals surface area (Å²) < 4.78 is 10.4. The molecule has 2 rings (SSSR count). The standard InChI is InChI=1S/C19H20N2O4/c1-3-25-18-12-15(6-10-17(18)22)13-20-21-19(23)11-7-14-4-8-16(24-2)9-5-14/h4-13,22H,3H2,1-2H3,(H,21,23)/b11-7+,20-13-. The number of nitrogens with one attached hydrogen (secondary N) is 1. The molecule has 6 heteroatoms. The van der Waals surface area contributed by atoms with Crippen molar-refractivity contribution in [2.24, 2.45) is 5.10 Å². The van der Waals surface area contributed by atoms with Crippen molar-refractivity contribution in [1.82, 2.24) is 5.43 Å². The first-order chi connectivity index (χ1) is 12.1. The molecule has 130 valence electrons. The van der Waals surface area contributed by atoms with E-state index in [1.54, 1.807) is 25.3 Å². The van der Waals surface area contributed by atoms with Crippen LogP contribution < -0.4 is 14.9 Å². The second-order valence-electron chi connectivity index (χ2n) is 5.00. The van der Waals surface area contributed by atoms with Gasteiger partial charge in [-0.3, -0.25) is 4.79 Å². The summed E-state index contributed by atoms with van der Waals surface area (Å²) in [7, 11) is 1.60. The van der Waals surface area contributed by atoms with Gasteiger partial charge in [0, 0.05) is 6.08 Å². The molecule has 2 N–H and O–H groups in total. The third-order valence-electron chi connectivity index (χ3n) is 3.22. The Balaban J connectivity index is 1.91. The van der Waals surface area contributed by atoms with Crippen LogP contribution >= 0.6 is 0 Å². The van der Waals surface area contributed by atoms with E-state index in [0.29, 0.717) is 17.9 Å². The summed E-state index contributed by atoms with van der Waals surface area (Å²) in [6.07, 6.45) is 4.54. The summed E-state index contributed by atoms with van der Waals surface area (Å²) in [5.74, 6) is 0.838. The van der Waals surface area contributed by atoms with Gasteiger partial charge in [-0.05, 0) is 54.5 Å². The minimum Gasteiger partial charge on any atom is -0.504 e. The lowest BCUT2D eigenvalue weighted by atomic mass is 10.2. The van der Waals surface area contributed by atoms with E-state index < -0.39 is 0 Å². The third kappa shape index (κ3) is 5.69. The smallest absolute Gasteiger partial charge is 0.264 e. The van der Waals surface area contributed by atoms with Crippen LogP contribution in [-0.2, 0) is 4.79 Å². The number of amides is 1. The molecule has 0 bridgehead atoms. The number of aromatic hydroxyl groups is 1. The average molecular weight is 340 g/mol. The van der Waals surface area contributed by atoms with E-state index in [-0.39, 0.29) is 11.7 Å². The van der Waals surface area contributed by atoms with Gasteiger partial charge in [0.25, 0.3) is 5.91 Å². The lowest BCUT2D eigenvalue weighted by Crippen LogP contribution is -2.14. The summed E-state index contributed by atoms with van der Waals surface area (Å²) in [6.45, 7) is 2.27. The lowest BCUT2D eigenvalue weighted by Gasteiger charge is -2.05. The van der Waals surface area contributed by atoms with E-state index in [1.165, 1.54) is 18.4 Å². The van der Waals surface area contributed by atoms with Gasteiger partial charge in [0.2, 0.25) is 0 Å². The summed E-state index contributed by atoms with van der Waals surface area (Å²) >= 11 is 0. The maximum absolute atomic E-state index is 11.8. The SMILES string of the molecule is CCOc1cc(/C=N\NC(=O)/C=C/c2ccc(OC)cc2)ccc1O. The number of rotatable bonds is 7. The molecule has 0 aliphatic carbocycles. The highest BCUT2D eigenvalue weighted by molar-refractivity contribution is 5.92. The van der Waals surface area contributed by atoms with Crippen LogP contribution in [0.1, 0.15) is 18.1 Å². The number of hydrazone groups is 1. The van der Waals surface area contributed by atoms with Crippen LogP contribution in [-0.4, -0.2) is 30.9 Å². The number of carbonyl (C=O) groups is 1. The molecule has 1 amide bonds. The second-order valence-corrected chi connectivity index (χ2v) is 5.00. The molecule has 0 aliphatic rings. The van der Waals surface area contributed by atoms with Crippen LogP contribution in [0.15, 0.2) is 53.6 Å². The van der Waals surface area contributed by atoms with Gasteiger partial charge < -0.3 is 14.6 Å². The zero-order valence-corrected chi connectivity index (χ0v) is 14.1. The molecule has 2 aromatic rings. The van der Waals surface area contributed by atoms with Gasteiger partial charge in [0.05, 0.1) is 19.9 Å². The number of hydrogen-bond donors (Lipinski definition) is 2. The van der Waals surface area contributed by atoms with Gasteiger partial charge in [-0.25, -0.2) is 5.43 Å². The Morgan fingerprint density at radius 3 is 2.60 bits per heavy atom. The van der Waals surface area contributed by atoms with E-state index >= 15 is 0 Å². The van der Waals surface area contributed by atoms with Gasteiger partial charge in [-0.1, -0.05) is 12.1 Å². The second kappa shape index (κ2) is 9.12. The number of benzene rings is 2. The fourth-order valence-corrected chi connectivity index (χ4v) is 1.98. The molecule has 0 saturated carbocycles. The highest BCUT2D eigenvalue weighted by Gasteiger charge is 2.02. The van der Waals surface area contributed by atoms with Crippen molar-refractivity contribution in [2.75, 3.05) is 13.7 Å². The Morgan fingerprint density at radius 1 is 1.20 bits per heavy atom. The van der Waals surface area contributed by atoms with Crippen LogP contribution in [0.3, 0.4) is 0 Å². The molecule has 0 aliphatic heterocycles. The lowest BCUT2D eigenvalue weighted by molar-refractivity contribution is -0.116. The van der Waals surface area contributed by atoms with Crippen molar-refractivity contribution in [3.05, 3.63) is 59.7 Å². The first kappa shape index (κ1) is 18.1. The van der Waals surface area contributed by atoms with Crippen molar-refractivity contribution in [3.8, 4) is 17.2 Å². The van der Waals surface area contributed by atoms with Gasteiger partial charge >= 0.3 is 0 Å². The number of phenols is 1. The Bertz CT molecular complexity index is 767. The molecule has 0 heterocycles. The van der Waals surface area contributed by atoms with Crippen LogP contribution in [0.2, 0.25) is 0 Å². The Morgan fingerprint density at radius 2 is 1.92 bits per heavy atom. The predicted molar refractivity (Wildman–Crippen MR) is 97.0 cm³/mol. The van der Waals surface area contributed by atoms with E-state index in [4.69, 9.17) is 9.47 Å². The molecule has 0 aromatic heterocycles. The number of nitrogens with zero attached hydrogens (tertiary/aromatic N) is 1. The number of carbonyl (C=O) groups excluding carboxylic acids is 1. The van der Waals surface area contributed by atoms with Gasteiger partial charge in [-0.15, -0.1) is 0 Å². The molecule has 6 nitrogen and oxygen atoms in total. The number of methoxy groups -OCH3 is 1. The van der Waals surface area contributed by atoms with Crippen molar-refractivity contribution >= 4 is 18.2 Å². The van der Waals surface area contributed by atoms with Gasteiger partial charge in [0.15, 0.2) is 11.5 Å². The maximum Gasteiger partial charge on any atom is 0.264 e. The molecule has 25 heavy (non-hydrogen) atoms. The van der Waals surface area contributed by atoms with E-state index in [9.17, 15) is 9.90 Å². The maximum atomic E-state index is 11.8. The normalized spacial score (nSPS) is 11.0. The summed E-state index contributed by atoms with van der Waals surface area (Å²) in [4.78, 5) is 11.8. The fraction of sp³-hybridized carbons (Fsp3) is 0.158. The molecule has 0 unspecified atom stereocenters. The van der Waals surface area contributed by atoms with Crippen molar-refractivity contribution < 1.29 is 19.4 Å². The summed E-state index contributed by atoms with van der Waals surface area (Å²) in [5, 5.41) is 13.5. The number of ether oxygens (including phenoxy) is 2. The summed E-state index contributed by atoms with van der Waals surface area (Å²) in [6, 6.07) is 12.1. The Hall–Kier alpha value is -3.28. The molecule has 0 fully saturated rings. The third-order valence-corrected chi connectivity index (χ3v) is 3.22. The first-order valence-corrected chi connectivity index (χ1v) is 7.73. The van der Waals surface area contributed by atoms with Gasteiger partial charge in [0.1, 0.15) is 5.75 Å². The highest BCUT2D eigenvalue weighted by atomic mass is 16.5. The molecule has 2 aromatic carbocycles. The summed E-state index contributed by atoms with van der Waals surface area (Å²) in [5.41, 5.74) is 3.98. The molecular formula is C19H20N2O4. The van der Waals surface area contributed by atoms with Crippen LogP contribution in [0, 0.1) is 0 Å². The zero-order chi connectivity index (χ0) is 18.1. The van der Waals surface area contributed by atoms with E-state index in [0.717, 1.165) is 11.3 Å². The van der Waals surface area contributed by atoms with Crippen molar-refractivity contribution in [2.45, 2.75) is 6.92 Å².